The average Bonchev–Trinajstić information content (AvgIpc) is 3.38. The molecule has 5 heteroatoms. The number of nitrogens with one attached hydrogen (secondary N) is 1. The third-order valence-corrected chi connectivity index (χ3v) is 6.43. The maximum Gasteiger partial charge on any atom is 0.244 e. The second kappa shape index (κ2) is 8.27. The highest BCUT2D eigenvalue weighted by molar-refractivity contribution is 5.86. The quantitative estimate of drug-likeness (QED) is 0.555. The van der Waals surface area contributed by atoms with E-state index in [0.717, 1.165) is 17.5 Å². The highest BCUT2D eigenvalue weighted by Crippen LogP contribution is 2.66. The number of carbonyl (C=O) groups is 1. The Hall–Kier alpha value is -2.82. The molecule has 4 rings (SSSR count). The van der Waals surface area contributed by atoms with Crippen LogP contribution in [0.15, 0.2) is 53.6 Å². The topological polar surface area (TPSA) is 59.9 Å². The third-order valence-electron chi connectivity index (χ3n) is 6.43. The van der Waals surface area contributed by atoms with E-state index in [0.29, 0.717) is 24.0 Å². The number of hydrogen-bond donors (Lipinski definition) is 1. The molecule has 1 N–H and O–H groups in total. The van der Waals surface area contributed by atoms with Gasteiger partial charge in [0.2, 0.25) is 5.91 Å². The van der Waals surface area contributed by atoms with Crippen LogP contribution in [0.5, 0.6) is 11.5 Å². The first-order valence-corrected chi connectivity index (χ1v) is 10.3. The number of amides is 1. The minimum absolute atomic E-state index is 0.0467. The molecule has 0 spiro atoms. The Balaban J connectivity index is 1.34. The van der Waals surface area contributed by atoms with Crippen LogP contribution in [0.4, 0.5) is 0 Å². The van der Waals surface area contributed by atoms with E-state index in [1.54, 1.807) is 13.3 Å². The SMILES string of the molecule is COc1cc(/C=N/NC(=O)[C@@H]2[C@H]3CCCC[C@]32C)ccc1OCc1ccccc1. The van der Waals surface area contributed by atoms with Gasteiger partial charge in [-0.2, -0.15) is 5.10 Å². The molecule has 0 radical (unpaired) electrons. The second-order valence-corrected chi connectivity index (χ2v) is 8.25. The molecule has 2 fully saturated rings. The van der Waals surface area contributed by atoms with Gasteiger partial charge < -0.3 is 9.47 Å². The Kier molecular flexibility index (Phi) is 5.56. The summed E-state index contributed by atoms with van der Waals surface area (Å²) in [6.07, 6.45) is 6.45. The normalized spacial score (nSPS) is 25.3. The van der Waals surface area contributed by atoms with E-state index in [4.69, 9.17) is 9.47 Å². The fourth-order valence-corrected chi connectivity index (χ4v) is 4.71. The molecule has 0 unspecified atom stereocenters. The third kappa shape index (κ3) is 4.14. The number of fused-ring (bicyclic) bond motifs is 1. The minimum atomic E-state index is 0.0467. The monoisotopic (exact) mass is 392 g/mol. The summed E-state index contributed by atoms with van der Waals surface area (Å²) in [5.74, 6) is 2.01. The molecule has 0 aliphatic heterocycles. The summed E-state index contributed by atoms with van der Waals surface area (Å²) >= 11 is 0. The lowest BCUT2D eigenvalue weighted by Crippen LogP contribution is -2.22. The van der Waals surface area contributed by atoms with Gasteiger partial charge in [-0.25, -0.2) is 5.43 Å². The first-order chi connectivity index (χ1) is 14.1. The molecule has 152 valence electrons. The number of benzene rings is 2. The Bertz CT molecular complexity index is 896. The molecule has 2 aliphatic rings. The van der Waals surface area contributed by atoms with E-state index < -0.39 is 0 Å². The molecular weight excluding hydrogens is 364 g/mol. The molecular formula is C24H28N2O3. The highest BCUT2D eigenvalue weighted by Gasteiger charge is 2.64. The van der Waals surface area contributed by atoms with Gasteiger partial charge in [0.1, 0.15) is 6.61 Å². The van der Waals surface area contributed by atoms with Crippen LogP contribution in [0.1, 0.15) is 43.7 Å². The van der Waals surface area contributed by atoms with E-state index in [-0.39, 0.29) is 17.2 Å². The average molecular weight is 392 g/mol. The lowest BCUT2D eigenvalue weighted by molar-refractivity contribution is -0.123. The highest BCUT2D eigenvalue weighted by atomic mass is 16.5. The summed E-state index contributed by atoms with van der Waals surface area (Å²) in [6, 6.07) is 15.6. The summed E-state index contributed by atoms with van der Waals surface area (Å²) in [7, 11) is 1.61. The summed E-state index contributed by atoms with van der Waals surface area (Å²) in [5.41, 5.74) is 4.86. The zero-order chi connectivity index (χ0) is 20.3. The zero-order valence-corrected chi connectivity index (χ0v) is 17.1. The van der Waals surface area contributed by atoms with Crippen molar-refractivity contribution in [3.8, 4) is 11.5 Å². The van der Waals surface area contributed by atoms with Gasteiger partial charge in [-0.05, 0) is 53.5 Å². The van der Waals surface area contributed by atoms with E-state index in [1.165, 1.54) is 19.3 Å². The van der Waals surface area contributed by atoms with Crippen molar-refractivity contribution in [2.24, 2.45) is 22.4 Å². The van der Waals surface area contributed by atoms with Crippen LogP contribution in [0.3, 0.4) is 0 Å². The van der Waals surface area contributed by atoms with Crippen molar-refractivity contribution in [3.63, 3.8) is 0 Å². The molecule has 29 heavy (non-hydrogen) atoms. The molecule has 5 nitrogen and oxygen atoms in total. The lowest BCUT2D eigenvalue weighted by Gasteiger charge is -2.15. The van der Waals surface area contributed by atoms with Crippen molar-refractivity contribution in [1.82, 2.24) is 5.43 Å². The van der Waals surface area contributed by atoms with Crippen molar-refractivity contribution < 1.29 is 14.3 Å². The second-order valence-electron chi connectivity index (χ2n) is 8.25. The van der Waals surface area contributed by atoms with Crippen LogP contribution in [-0.4, -0.2) is 19.2 Å². The van der Waals surface area contributed by atoms with Crippen LogP contribution in [0, 0.1) is 17.3 Å². The van der Waals surface area contributed by atoms with E-state index in [9.17, 15) is 4.79 Å². The van der Waals surface area contributed by atoms with Crippen molar-refractivity contribution >= 4 is 12.1 Å². The molecule has 2 aliphatic carbocycles. The van der Waals surface area contributed by atoms with Gasteiger partial charge in [-0.1, -0.05) is 50.1 Å². The smallest absolute Gasteiger partial charge is 0.244 e. The van der Waals surface area contributed by atoms with Crippen LogP contribution in [-0.2, 0) is 11.4 Å². The number of ether oxygens (including phenoxy) is 2. The first kappa shape index (κ1) is 19.5. The molecule has 3 atom stereocenters. The molecule has 0 aromatic heterocycles. The fourth-order valence-electron chi connectivity index (χ4n) is 4.71. The largest absolute Gasteiger partial charge is 0.493 e. The molecule has 2 saturated carbocycles. The van der Waals surface area contributed by atoms with Crippen LogP contribution >= 0.6 is 0 Å². The number of methoxy groups -OCH3 is 1. The van der Waals surface area contributed by atoms with Crippen molar-refractivity contribution in [2.45, 2.75) is 39.2 Å². The van der Waals surface area contributed by atoms with Crippen molar-refractivity contribution in [1.29, 1.82) is 0 Å². The summed E-state index contributed by atoms with van der Waals surface area (Å²) in [5, 5.41) is 4.17. The number of nitrogens with zero attached hydrogens (tertiary/aromatic N) is 1. The van der Waals surface area contributed by atoms with Gasteiger partial charge in [0.05, 0.1) is 13.3 Å². The van der Waals surface area contributed by atoms with Crippen LogP contribution < -0.4 is 14.9 Å². The van der Waals surface area contributed by atoms with Gasteiger partial charge in [-0.15, -0.1) is 0 Å². The summed E-state index contributed by atoms with van der Waals surface area (Å²) in [4.78, 5) is 12.5. The Labute approximate surface area is 172 Å². The van der Waals surface area contributed by atoms with Gasteiger partial charge in [-0.3, -0.25) is 4.79 Å². The summed E-state index contributed by atoms with van der Waals surface area (Å²) < 4.78 is 11.3. The predicted molar refractivity (Wildman–Crippen MR) is 113 cm³/mol. The van der Waals surface area contributed by atoms with Crippen LogP contribution in [0.2, 0.25) is 0 Å². The molecule has 0 saturated heterocycles. The minimum Gasteiger partial charge on any atom is -0.493 e. The predicted octanol–water partition coefficient (Wildman–Crippen LogP) is 4.55. The lowest BCUT2D eigenvalue weighted by atomic mass is 9.90. The van der Waals surface area contributed by atoms with Gasteiger partial charge in [0.25, 0.3) is 0 Å². The molecule has 2 aromatic rings. The first-order valence-electron chi connectivity index (χ1n) is 10.3. The molecule has 0 bridgehead atoms. The number of rotatable bonds is 7. The number of hydrogen-bond acceptors (Lipinski definition) is 4. The zero-order valence-electron chi connectivity index (χ0n) is 17.1. The molecule has 1 amide bonds. The maximum atomic E-state index is 12.5. The van der Waals surface area contributed by atoms with Gasteiger partial charge in [0, 0.05) is 5.92 Å². The van der Waals surface area contributed by atoms with Crippen molar-refractivity contribution in [3.05, 3.63) is 59.7 Å². The fraction of sp³-hybridized carbons (Fsp3) is 0.417. The molecule has 0 heterocycles. The maximum absolute atomic E-state index is 12.5. The number of hydrazone groups is 1. The Morgan fingerprint density at radius 3 is 2.76 bits per heavy atom. The van der Waals surface area contributed by atoms with Gasteiger partial charge in [0.15, 0.2) is 11.5 Å². The standard InChI is InChI=1S/C24H28N2O3/c1-24-13-7-6-10-19(24)22(24)23(27)26-25-15-18-11-12-20(21(14-18)28-2)29-16-17-8-4-3-5-9-17/h3-5,8-9,11-12,14-15,19,22H,6-7,10,13,16H2,1-2H3,(H,26,27)/b25-15+/t19-,22+,24-/m1/s1. The molecule has 2 aromatic carbocycles. The summed E-state index contributed by atoms with van der Waals surface area (Å²) in [6.45, 7) is 2.71. The van der Waals surface area contributed by atoms with E-state index >= 15 is 0 Å². The van der Waals surface area contributed by atoms with E-state index in [2.05, 4.69) is 17.5 Å². The number of carbonyl (C=O) groups excluding carboxylic acids is 1. The Morgan fingerprint density at radius 2 is 2.03 bits per heavy atom. The van der Waals surface area contributed by atoms with Gasteiger partial charge >= 0.3 is 0 Å². The van der Waals surface area contributed by atoms with Crippen molar-refractivity contribution in [2.75, 3.05) is 7.11 Å². The van der Waals surface area contributed by atoms with Crippen LogP contribution in [0.25, 0.3) is 0 Å². The van der Waals surface area contributed by atoms with E-state index in [1.807, 2.05) is 48.5 Å². The Morgan fingerprint density at radius 1 is 1.21 bits per heavy atom.